The summed E-state index contributed by atoms with van der Waals surface area (Å²) < 4.78 is 0. The van der Waals surface area contributed by atoms with Gasteiger partial charge in [0.1, 0.15) is 0 Å². The van der Waals surface area contributed by atoms with Crippen molar-refractivity contribution in [3.63, 3.8) is 0 Å². The van der Waals surface area contributed by atoms with Gasteiger partial charge in [0.15, 0.2) is 5.82 Å². The maximum absolute atomic E-state index is 5.91. The van der Waals surface area contributed by atoms with Gasteiger partial charge in [-0.2, -0.15) is 10.1 Å². The van der Waals surface area contributed by atoms with Gasteiger partial charge in [0.25, 0.3) is 5.95 Å². The van der Waals surface area contributed by atoms with Crippen molar-refractivity contribution in [3.8, 4) is 0 Å². The van der Waals surface area contributed by atoms with Crippen LogP contribution in [0.3, 0.4) is 0 Å². The Morgan fingerprint density at radius 1 is 1.08 bits per heavy atom. The third-order valence-electron chi connectivity index (χ3n) is 4.06. The molecule has 1 aliphatic heterocycles. The normalized spacial score (nSPS) is 13.0. The number of para-hydroxylation sites is 1. The monoisotopic (exact) mass is 337 g/mol. The molecular formula is C18H16ClN5. The first-order valence-electron chi connectivity index (χ1n) is 7.83. The molecule has 0 radical (unpaired) electrons. The minimum atomic E-state index is 0.626. The van der Waals surface area contributed by atoms with Crippen molar-refractivity contribution in [2.24, 2.45) is 0 Å². The zero-order chi connectivity index (χ0) is 16.4. The summed E-state index contributed by atoms with van der Waals surface area (Å²) in [6.07, 6.45) is 2.64. The molecule has 0 unspecified atom stereocenters. The van der Waals surface area contributed by atoms with E-state index in [4.69, 9.17) is 11.6 Å². The third kappa shape index (κ3) is 3.03. The zero-order valence-electron chi connectivity index (χ0n) is 13.0. The van der Waals surface area contributed by atoms with E-state index in [2.05, 4.69) is 43.6 Å². The number of hydrogen-bond donors (Lipinski definition) is 1. The first kappa shape index (κ1) is 14.9. The first-order chi connectivity index (χ1) is 11.8. The van der Waals surface area contributed by atoms with Gasteiger partial charge in [-0.1, -0.05) is 41.9 Å². The highest BCUT2D eigenvalue weighted by atomic mass is 35.5. The minimum absolute atomic E-state index is 0.626. The van der Waals surface area contributed by atoms with Crippen LogP contribution in [-0.2, 0) is 13.0 Å². The maximum Gasteiger partial charge on any atom is 0.251 e. The van der Waals surface area contributed by atoms with E-state index in [9.17, 15) is 0 Å². The third-order valence-corrected chi connectivity index (χ3v) is 4.32. The van der Waals surface area contributed by atoms with Crippen LogP contribution in [0.15, 0.2) is 54.7 Å². The summed E-state index contributed by atoms with van der Waals surface area (Å²) in [7, 11) is 0. The summed E-state index contributed by atoms with van der Waals surface area (Å²) in [4.78, 5) is 6.71. The summed E-state index contributed by atoms with van der Waals surface area (Å²) in [5, 5.41) is 12.3. The number of halogens is 1. The molecule has 1 N–H and O–H groups in total. The Kier molecular flexibility index (Phi) is 4.01. The molecule has 0 bridgehead atoms. The second-order valence-electron chi connectivity index (χ2n) is 5.65. The molecule has 0 aliphatic carbocycles. The molecule has 0 amide bonds. The number of aromatic nitrogens is 3. The Morgan fingerprint density at radius 2 is 1.92 bits per heavy atom. The Morgan fingerprint density at radius 3 is 2.79 bits per heavy atom. The Balaban J connectivity index is 1.51. The van der Waals surface area contributed by atoms with Gasteiger partial charge in [-0.25, -0.2) is 0 Å². The molecule has 2 aromatic carbocycles. The molecule has 4 rings (SSSR count). The lowest BCUT2D eigenvalue weighted by Crippen LogP contribution is -2.17. The van der Waals surface area contributed by atoms with E-state index in [1.165, 1.54) is 5.56 Å². The lowest BCUT2D eigenvalue weighted by atomic mass is 10.2. The van der Waals surface area contributed by atoms with Gasteiger partial charge < -0.3 is 10.2 Å². The van der Waals surface area contributed by atoms with Crippen molar-refractivity contribution in [2.75, 3.05) is 16.8 Å². The molecule has 0 saturated heterocycles. The molecule has 3 aromatic rings. The molecule has 24 heavy (non-hydrogen) atoms. The number of nitrogens with one attached hydrogen (secondary N) is 1. The second kappa shape index (κ2) is 6.45. The molecular weight excluding hydrogens is 322 g/mol. The summed E-state index contributed by atoms with van der Waals surface area (Å²) in [5.41, 5.74) is 3.61. The van der Waals surface area contributed by atoms with E-state index in [0.29, 0.717) is 18.3 Å². The van der Waals surface area contributed by atoms with Gasteiger partial charge in [-0.3, -0.25) is 0 Å². The van der Waals surface area contributed by atoms with Crippen LogP contribution in [0.1, 0.15) is 11.1 Å². The topological polar surface area (TPSA) is 53.9 Å². The fourth-order valence-corrected chi connectivity index (χ4v) is 2.96. The van der Waals surface area contributed by atoms with Crippen LogP contribution in [-0.4, -0.2) is 21.7 Å². The standard InChI is InChI=1S/C18H16ClN5/c19-15-7-5-13(6-8-15)11-20-17-12-21-23-18(22-17)24-10-9-14-3-1-2-4-16(14)24/h1-8,12H,9-11H2,(H,20,22,23). The van der Waals surface area contributed by atoms with Crippen LogP contribution in [0.25, 0.3) is 0 Å². The predicted octanol–water partition coefficient (Wildman–Crippen LogP) is 3.83. The second-order valence-corrected chi connectivity index (χ2v) is 6.09. The minimum Gasteiger partial charge on any atom is -0.365 e. The Hall–Kier alpha value is -2.66. The first-order valence-corrected chi connectivity index (χ1v) is 8.21. The molecule has 120 valence electrons. The van der Waals surface area contributed by atoms with Crippen molar-refractivity contribution < 1.29 is 0 Å². The van der Waals surface area contributed by atoms with Crippen molar-refractivity contribution in [1.82, 2.24) is 15.2 Å². The van der Waals surface area contributed by atoms with E-state index in [0.717, 1.165) is 29.2 Å². The lowest BCUT2D eigenvalue weighted by Gasteiger charge is -2.17. The summed E-state index contributed by atoms with van der Waals surface area (Å²) in [6, 6.07) is 16.1. The SMILES string of the molecule is Clc1ccc(CNc2cnnc(N3CCc4ccccc43)n2)cc1. The fourth-order valence-electron chi connectivity index (χ4n) is 2.83. The van der Waals surface area contributed by atoms with E-state index in [-0.39, 0.29) is 0 Å². The van der Waals surface area contributed by atoms with Crippen LogP contribution in [0.2, 0.25) is 5.02 Å². The molecule has 1 aliphatic rings. The van der Waals surface area contributed by atoms with Crippen molar-refractivity contribution in [3.05, 3.63) is 70.9 Å². The van der Waals surface area contributed by atoms with E-state index < -0.39 is 0 Å². The lowest BCUT2D eigenvalue weighted by molar-refractivity contribution is 0.881. The number of fused-ring (bicyclic) bond motifs is 1. The number of hydrogen-bond acceptors (Lipinski definition) is 5. The summed E-state index contributed by atoms with van der Waals surface area (Å²) in [5.74, 6) is 1.33. The number of rotatable bonds is 4. The van der Waals surface area contributed by atoms with Crippen molar-refractivity contribution in [1.29, 1.82) is 0 Å². The molecule has 5 nitrogen and oxygen atoms in total. The van der Waals surface area contributed by atoms with Crippen LogP contribution in [0, 0.1) is 0 Å². The molecule has 1 aromatic heterocycles. The molecule has 0 saturated carbocycles. The van der Waals surface area contributed by atoms with Gasteiger partial charge in [-0.05, 0) is 35.7 Å². The van der Waals surface area contributed by atoms with Gasteiger partial charge in [0, 0.05) is 23.8 Å². The van der Waals surface area contributed by atoms with Crippen molar-refractivity contribution >= 4 is 29.1 Å². The average molecular weight is 338 g/mol. The number of nitrogens with zero attached hydrogens (tertiary/aromatic N) is 4. The van der Waals surface area contributed by atoms with Gasteiger partial charge in [0.05, 0.1) is 6.20 Å². The number of anilines is 3. The highest BCUT2D eigenvalue weighted by Gasteiger charge is 2.22. The highest BCUT2D eigenvalue weighted by Crippen LogP contribution is 2.32. The van der Waals surface area contributed by atoms with Gasteiger partial charge in [-0.15, -0.1) is 5.10 Å². The largest absolute Gasteiger partial charge is 0.365 e. The molecule has 0 spiro atoms. The van der Waals surface area contributed by atoms with E-state index >= 15 is 0 Å². The maximum atomic E-state index is 5.91. The predicted molar refractivity (Wildman–Crippen MR) is 95.8 cm³/mol. The van der Waals surface area contributed by atoms with Gasteiger partial charge in [0.2, 0.25) is 0 Å². The fraction of sp³-hybridized carbons (Fsp3) is 0.167. The summed E-state index contributed by atoms with van der Waals surface area (Å²) in [6.45, 7) is 1.54. The summed E-state index contributed by atoms with van der Waals surface area (Å²) >= 11 is 5.91. The molecule has 0 atom stereocenters. The zero-order valence-corrected chi connectivity index (χ0v) is 13.7. The van der Waals surface area contributed by atoms with E-state index in [1.54, 1.807) is 6.20 Å². The quantitative estimate of drug-likeness (QED) is 0.784. The number of benzene rings is 2. The molecule has 2 heterocycles. The Labute approximate surface area is 145 Å². The molecule has 0 fully saturated rings. The van der Waals surface area contributed by atoms with Crippen LogP contribution in [0.4, 0.5) is 17.5 Å². The van der Waals surface area contributed by atoms with Gasteiger partial charge >= 0.3 is 0 Å². The van der Waals surface area contributed by atoms with E-state index in [1.807, 2.05) is 30.3 Å². The smallest absolute Gasteiger partial charge is 0.251 e. The van der Waals surface area contributed by atoms with Crippen molar-refractivity contribution in [2.45, 2.75) is 13.0 Å². The average Bonchev–Trinajstić information content (AvgIpc) is 3.06. The van der Waals surface area contributed by atoms with Crippen LogP contribution in [0.5, 0.6) is 0 Å². The Bertz CT molecular complexity index is 850. The molecule has 6 heteroatoms. The van der Waals surface area contributed by atoms with Crippen LogP contribution < -0.4 is 10.2 Å². The van der Waals surface area contributed by atoms with Crippen LogP contribution >= 0.6 is 11.6 Å². The highest BCUT2D eigenvalue weighted by molar-refractivity contribution is 6.30.